The van der Waals surface area contributed by atoms with Crippen LogP contribution in [-0.4, -0.2) is 55.7 Å². The van der Waals surface area contributed by atoms with Gasteiger partial charge in [0.25, 0.3) is 0 Å². The zero-order chi connectivity index (χ0) is 17.9. The molecule has 1 aromatic rings. The minimum atomic E-state index is -4.35. The van der Waals surface area contributed by atoms with Crippen LogP contribution in [0.2, 0.25) is 0 Å². The lowest BCUT2D eigenvalue weighted by Gasteiger charge is -2.36. The molecule has 138 valence electrons. The lowest BCUT2D eigenvalue weighted by molar-refractivity contribution is -0.184. The summed E-state index contributed by atoms with van der Waals surface area (Å²) in [6.45, 7) is 1.39. The van der Waals surface area contributed by atoms with Crippen molar-refractivity contribution in [2.45, 2.75) is 31.5 Å². The first kappa shape index (κ1) is 18.2. The standard InChI is InChI=1S/C18H24F3N3O/c19-18(20,21)15(24-10-8-22-9-11-24)13-23-16(25)17(6-7-17)12-14-4-2-1-3-5-14/h1-5,15,22H,6-13H2,(H,23,25). The van der Waals surface area contributed by atoms with E-state index in [0.29, 0.717) is 32.6 Å². The Kier molecular flexibility index (Phi) is 5.34. The lowest BCUT2D eigenvalue weighted by atomic mass is 9.95. The van der Waals surface area contributed by atoms with Crippen LogP contribution in [0.4, 0.5) is 13.2 Å². The van der Waals surface area contributed by atoms with E-state index in [1.165, 1.54) is 4.90 Å². The van der Waals surface area contributed by atoms with Crippen molar-refractivity contribution in [3.8, 4) is 0 Å². The molecule has 1 heterocycles. The van der Waals surface area contributed by atoms with E-state index in [1.54, 1.807) is 0 Å². The van der Waals surface area contributed by atoms with E-state index in [2.05, 4.69) is 10.6 Å². The number of rotatable bonds is 6. The van der Waals surface area contributed by atoms with Gasteiger partial charge in [-0.25, -0.2) is 0 Å². The molecule has 1 amide bonds. The van der Waals surface area contributed by atoms with Gasteiger partial charge >= 0.3 is 6.18 Å². The normalized spacial score (nSPS) is 21.6. The second-order valence-corrected chi connectivity index (χ2v) is 7.00. The summed E-state index contributed by atoms with van der Waals surface area (Å²) in [7, 11) is 0. The topological polar surface area (TPSA) is 44.4 Å². The average molecular weight is 355 g/mol. The van der Waals surface area contributed by atoms with Crippen LogP contribution in [0.5, 0.6) is 0 Å². The van der Waals surface area contributed by atoms with Crippen molar-refractivity contribution in [2.75, 3.05) is 32.7 Å². The number of halogens is 3. The van der Waals surface area contributed by atoms with Crippen molar-refractivity contribution in [3.63, 3.8) is 0 Å². The molecule has 3 rings (SSSR count). The molecule has 0 aromatic heterocycles. The van der Waals surface area contributed by atoms with Crippen LogP contribution in [0.15, 0.2) is 30.3 Å². The van der Waals surface area contributed by atoms with Gasteiger partial charge in [-0.05, 0) is 24.8 Å². The summed E-state index contributed by atoms with van der Waals surface area (Å²) >= 11 is 0. The van der Waals surface area contributed by atoms with Crippen LogP contribution >= 0.6 is 0 Å². The van der Waals surface area contributed by atoms with E-state index >= 15 is 0 Å². The van der Waals surface area contributed by atoms with Gasteiger partial charge < -0.3 is 10.6 Å². The fourth-order valence-electron chi connectivity index (χ4n) is 3.44. The Balaban J connectivity index is 1.59. The van der Waals surface area contributed by atoms with Gasteiger partial charge in [0.15, 0.2) is 0 Å². The zero-order valence-corrected chi connectivity index (χ0v) is 14.1. The molecule has 1 saturated carbocycles. The minimum absolute atomic E-state index is 0.249. The largest absolute Gasteiger partial charge is 0.405 e. The highest BCUT2D eigenvalue weighted by Crippen LogP contribution is 2.48. The van der Waals surface area contributed by atoms with Crippen LogP contribution in [0.25, 0.3) is 0 Å². The Bertz CT molecular complexity index is 581. The van der Waals surface area contributed by atoms with Crippen molar-refractivity contribution in [3.05, 3.63) is 35.9 Å². The summed E-state index contributed by atoms with van der Waals surface area (Å²) in [5.41, 5.74) is 0.519. The first-order valence-corrected chi connectivity index (χ1v) is 8.74. The molecule has 1 aliphatic carbocycles. The van der Waals surface area contributed by atoms with E-state index in [0.717, 1.165) is 18.4 Å². The number of piperazine rings is 1. The van der Waals surface area contributed by atoms with E-state index in [4.69, 9.17) is 0 Å². The van der Waals surface area contributed by atoms with Gasteiger partial charge in [0.05, 0.1) is 5.41 Å². The molecule has 4 nitrogen and oxygen atoms in total. The average Bonchev–Trinajstić information content (AvgIpc) is 3.36. The van der Waals surface area contributed by atoms with Gasteiger partial charge in [0, 0.05) is 32.7 Å². The Morgan fingerprint density at radius 2 is 1.84 bits per heavy atom. The van der Waals surface area contributed by atoms with Crippen LogP contribution in [0.3, 0.4) is 0 Å². The summed E-state index contributed by atoms with van der Waals surface area (Å²) in [6.07, 6.45) is -2.29. The monoisotopic (exact) mass is 355 g/mol. The summed E-state index contributed by atoms with van der Waals surface area (Å²) in [6, 6.07) is 8.01. The number of hydrogen-bond acceptors (Lipinski definition) is 3. The van der Waals surface area contributed by atoms with Crippen LogP contribution < -0.4 is 10.6 Å². The second-order valence-electron chi connectivity index (χ2n) is 7.00. The molecule has 2 N–H and O–H groups in total. The van der Waals surface area contributed by atoms with E-state index in [1.807, 2.05) is 30.3 Å². The molecule has 0 spiro atoms. The van der Waals surface area contributed by atoms with Gasteiger partial charge in [-0.1, -0.05) is 30.3 Å². The maximum absolute atomic E-state index is 13.4. The smallest absolute Gasteiger partial charge is 0.354 e. The summed E-state index contributed by atoms with van der Waals surface area (Å²) in [5, 5.41) is 5.64. The number of benzene rings is 1. The fraction of sp³-hybridized carbons (Fsp3) is 0.611. The highest BCUT2D eigenvalue weighted by atomic mass is 19.4. The third-order valence-corrected chi connectivity index (χ3v) is 5.15. The predicted molar refractivity (Wildman–Crippen MR) is 89.1 cm³/mol. The number of hydrogen-bond donors (Lipinski definition) is 2. The number of carbonyl (C=O) groups excluding carboxylic acids is 1. The van der Waals surface area contributed by atoms with E-state index in [9.17, 15) is 18.0 Å². The Labute approximate surface area is 145 Å². The Morgan fingerprint density at radius 3 is 2.40 bits per heavy atom. The molecule has 1 aliphatic heterocycles. The number of carbonyl (C=O) groups is 1. The van der Waals surface area contributed by atoms with Gasteiger partial charge in [0.1, 0.15) is 6.04 Å². The number of nitrogens with zero attached hydrogens (tertiary/aromatic N) is 1. The molecular formula is C18H24F3N3O. The third-order valence-electron chi connectivity index (χ3n) is 5.15. The highest BCUT2D eigenvalue weighted by Gasteiger charge is 2.50. The van der Waals surface area contributed by atoms with Crippen molar-refractivity contribution < 1.29 is 18.0 Å². The van der Waals surface area contributed by atoms with Gasteiger partial charge in [-0.2, -0.15) is 13.2 Å². The number of alkyl halides is 3. The number of amides is 1. The maximum Gasteiger partial charge on any atom is 0.405 e. The highest BCUT2D eigenvalue weighted by molar-refractivity contribution is 5.85. The number of nitrogens with one attached hydrogen (secondary N) is 2. The molecule has 1 aromatic carbocycles. The van der Waals surface area contributed by atoms with Crippen molar-refractivity contribution in [1.82, 2.24) is 15.5 Å². The molecule has 1 saturated heterocycles. The third kappa shape index (κ3) is 4.52. The van der Waals surface area contributed by atoms with Crippen molar-refractivity contribution in [1.29, 1.82) is 0 Å². The van der Waals surface area contributed by atoms with Crippen molar-refractivity contribution in [2.24, 2.45) is 5.41 Å². The maximum atomic E-state index is 13.4. The first-order chi connectivity index (χ1) is 11.9. The quantitative estimate of drug-likeness (QED) is 0.820. The van der Waals surface area contributed by atoms with E-state index in [-0.39, 0.29) is 12.5 Å². The van der Waals surface area contributed by atoms with Crippen LogP contribution in [-0.2, 0) is 11.2 Å². The molecule has 0 bridgehead atoms. The van der Waals surface area contributed by atoms with Gasteiger partial charge in [-0.3, -0.25) is 9.69 Å². The second kappa shape index (κ2) is 7.33. The lowest BCUT2D eigenvalue weighted by Crippen LogP contribution is -2.58. The molecule has 2 fully saturated rings. The predicted octanol–water partition coefficient (Wildman–Crippen LogP) is 1.96. The summed E-state index contributed by atoms with van der Waals surface area (Å²) < 4.78 is 40.2. The summed E-state index contributed by atoms with van der Waals surface area (Å²) in [4.78, 5) is 13.9. The zero-order valence-electron chi connectivity index (χ0n) is 14.1. The minimum Gasteiger partial charge on any atom is -0.354 e. The summed E-state index contributed by atoms with van der Waals surface area (Å²) in [5.74, 6) is -0.249. The Hall–Kier alpha value is -1.60. The fourth-order valence-corrected chi connectivity index (χ4v) is 3.44. The Morgan fingerprint density at radius 1 is 1.20 bits per heavy atom. The SMILES string of the molecule is O=C(NCC(N1CCNCC1)C(F)(F)F)C1(Cc2ccccc2)CC1. The molecular weight excluding hydrogens is 331 g/mol. The van der Waals surface area contributed by atoms with Crippen LogP contribution in [0.1, 0.15) is 18.4 Å². The van der Waals surface area contributed by atoms with Crippen LogP contribution in [0, 0.1) is 5.41 Å². The molecule has 1 unspecified atom stereocenters. The molecule has 25 heavy (non-hydrogen) atoms. The molecule has 1 atom stereocenters. The van der Waals surface area contributed by atoms with Gasteiger partial charge in [0.2, 0.25) is 5.91 Å². The van der Waals surface area contributed by atoms with E-state index < -0.39 is 17.6 Å². The molecule has 0 radical (unpaired) electrons. The first-order valence-electron chi connectivity index (χ1n) is 8.74. The molecule has 7 heteroatoms. The van der Waals surface area contributed by atoms with Gasteiger partial charge in [-0.15, -0.1) is 0 Å². The molecule has 2 aliphatic rings. The van der Waals surface area contributed by atoms with Crippen molar-refractivity contribution >= 4 is 5.91 Å².